The number of nitrogens with zero attached hydrogens (tertiary/aromatic N) is 2. The third kappa shape index (κ3) is 8.36. The zero-order valence-electron chi connectivity index (χ0n) is 25.6. The maximum atomic E-state index is 13.5. The smallest absolute Gasteiger partial charge is 0.324 e. The predicted molar refractivity (Wildman–Crippen MR) is 174 cm³/mol. The van der Waals surface area contributed by atoms with Crippen LogP contribution < -0.4 is 14.9 Å². The maximum absolute atomic E-state index is 13.5. The first-order valence-corrected chi connectivity index (χ1v) is 18.5. The molecule has 12 nitrogen and oxygen atoms in total. The van der Waals surface area contributed by atoms with Crippen molar-refractivity contribution < 1.29 is 36.6 Å². The number of carbonyl (C=O) groups excluding carboxylic acids is 1. The van der Waals surface area contributed by atoms with Gasteiger partial charge in [0.25, 0.3) is 0 Å². The SMILES string of the molecule is CS(=O)(=O)Nc1cc([C@@H](O)CNC2CCN(c3ccc(S(=O)(=O)N4CCC[C@@H]4C(=O)OCc4ccccc4)cc3)CC2)ccc1O. The molecule has 0 saturated carbocycles. The van der Waals surface area contributed by atoms with Crippen molar-refractivity contribution in [3.63, 3.8) is 0 Å². The number of sulfonamides is 2. The van der Waals surface area contributed by atoms with E-state index in [9.17, 15) is 31.8 Å². The molecule has 0 spiro atoms. The number of aromatic hydroxyl groups is 1. The van der Waals surface area contributed by atoms with Gasteiger partial charge < -0.3 is 25.2 Å². The van der Waals surface area contributed by atoms with E-state index in [2.05, 4.69) is 14.9 Å². The lowest BCUT2D eigenvalue weighted by atomic mass is 10.0. The topological polar surface area (TPSA) is 166 Å². The first-order chi connectivity index (χ1) is 21.9. The van der Waals surface area contributed by atoms with Crippen LogP contribution in [0.5, 0.6) is 5.75 Å². The van der Waals surface area contributed by atoms with Crippen molar-refractivity contribution in [2.45, 2.75) is 55.4 Å². The van der Waals surface area contributed by atoms with E-state index in [1.165, 1.54) is 16.4 Å². The average molecular weight is 673 g/mol. The minimum atomic E-state index is -3.89. The number of carbonyl (C=O) groups is 1. The van der Waals surface area contributed by atoms with Crippen molar-refractivity contribution in [1.82, 2.24) is 9.62 Å². The number of nitrogens with one attached hydrogen (secondary N) is 2. The summed E-state index contributed by atoms with van der Waals surface area (Å²) in [6, 6.07) is 19.6. The van der Waals surface area contributed by atoms with E-state index in [1.54, 1.807) is 30.3 Å². The van der Waals surface area contributed by atoms with Crippen molar-refractivity contribution in [2.24, 2.45) is 0 Å². The summed E-state index contributed by atoms with van der Waals surface area (Å²) in [5, 5.41) is 24.0. The second-order valence-corrected chi connectivity index (χ2v) is 15.3. The number of piperidine rings is 1. The zero-order valence-corrected chi connectivity index (χ0v) is 27.2. The summed E-state index contributed by atoms with van der Waals surface area (Å²) < 4.78 is 59.1. The minimum Gasteiger partial charge on any atom is -0.506 e. The van der Waals surface area contributed by atoms with E-state index in [4.69, 9.17) is 4.74 Å². The molecule has 0 radical (unpaired) electrons. The van der Waals surface area contributed by atoms with Gasteiger partial charge in [-0.1, -0.05) is 36.4 Å². The van der Waals surface area contributed by atoms with Crippen molar-refractivity contribution >= 4 is 37.4 Å². The van der Waals surface area contributed by atoms with Crippen LogP contribution in [0, 0.1) is 0 Å². The van der Waals surface area contributed by atoms with E-state index in [0.29, 0.717) is 18.4 Å². The molecule has 0 bridgehead atoms. The molecular weight excluding hydrogens is 633 g/mol. The number of benzene rings is 3. The number of rotatable bonds is 12. The summed E-state index contributed by atoms with van der Waals surface area (Å²) in [7, 11) is -7.48. The largest absolute Gasteiger partial charge is 0.506 e. The van der Waals surface area contributed by atoms with E-state index >= 15 is 0 Å². The highest BCUT2D eigenvalue weighted by Crippen LogP contribution is 2.30. The normalized spacial score (nSPS) is 18.7. The maximum Gasteiger partial charge on any atom is 0.324 e. The van der Waals surface area contributed by atoms with Crippen LogP contribution in [0.2, 0.25) is 0 Å². The van der Waals surface area contributed by atoms with Crippen molar-refractivity contribution in [2.75, 3.05) is 42.1 Å². The summed E-state index contributed by atoms with van der Waals surface area (Å²) in [6.45, 7) is 2.05. The lowest BCUT2D eigenvalue weighted by molar-refractivity contribution is -0.148. The predicted octanol–water partition coefficient (Wildman–Crippen LogP) is 2.95. The number of aliphatic hydroxyl groups is 1. The molecule has 2 saturated heterocycles. The average Bonchev–Trinajstić information content (AvgIpc) is 3.55. The van der Waals surface area contributed by atoms with Gasteiger partial charge >= 0.3 is 5.97 Å². The van der Waals surface area contributed by atoms with Gasteiger partial charge in [0, 0.05) is 37.9 Å². The number of phenolic OH excluding ortho intramolecular Hbond substituents is 1. The summed E-state index contributed by atoms with van der Waals surface area (Å²) in [6.07, 6.45) is 2.67. The molecule has 46 heavy (non-hydrogen) atoms. The van der Waals surface area contributed by atoms with E-state index in [1.807, 2.05) is 30.3 Å². The molecule has 0 aromatic heterocycles. The molecule has 5 rings (SSSR count). The number of hydrogen-bond donors (Lipinski definition) is 4. The fourth-order valence-corrected chi connectivity index (χ4v) is 8.04. The van der Waals surface area contributed by atoms with Gasteiger partial charge in [-0.25, -0.2) is 16.8 Å². The Morgan fingerprint density at radius 1 is 0.957 bits per heavy atom. The molecule has 0 unspecified atom stereocenters. The Bertz CT molecular complexity index is 1710. The van der Waals surface area contributed by atoms with Crippen LogP contribution in [0.3, 0.4) is 0 Å². The number of esters is 1. The third-order valence-electron chi connectivity index (χ3n) is 8.30. The van der Waals surface area contributed by atoms with Crippen molar-refractivity contribution in [1.29, 1.82) is 0 Å². The van der Waals surface area contributed by atoms with Gasteiger partial charge in [-0.05, 0) is 73.2 Å². The van der Waals surface area contributed by atoms with Gasteiger partial charge in [-0.3, -0.25) is 9.52 Å². The van der Waals surface area contributed by atoms with Gasteiger partial charge in [0.15, 0.2) is 0 Å². The highest BCUT2D eigenvalue weighted by molar-refractivity contribution is 7.92. The second kappa shape index (κ2) is 14.4. The van der Waals surface area contributed by atoms with Gasteiger partial charge in [0.1, 0.15) is 18.4 Å². The molecular formula is C32H40N4O8S2. The Labute approximate surface area is 270 Å². The van der Waals surface area contributed by atoms with Crippen LogP contribution >= 0.6 is 0 Å². The van der Waals surface area contributed by atoms with Crippen molar-refractivity contribution in [3.8, 4) is 5.75 Å². The first kappa shape index (κ1) is 33.7. The van der Waals surface area contributed by atoms with Gasteiger partial charge in [-0.2, -0.15) is 4.31 Å². The molecule has 3 aromatic rings. The van der Waals surface area contributed by atoms with Crippen LogP contribution in [0.4, 0.5) is 11.4 Å². The highest BCUT2D eigenvalue weighted by Gasteiger charge is 2.40. The van der Waals surface area contributed by atoms with Gasteiger partial charge in [0.2, 0.25) is 20.0 Å². The zero-order chi connectivity index (χ0) is 32.9. The van der Waals surface area contributed by atoms with E-state index in [-0.39, 0.29) is 42.1 Å². The Balaban J connectivity index is 1.12. The van der Waals surface area contributed by atoms with Crippen LogP contribution in [-0.4, -0.2) is 81.8 Å². The number of aliphatic hydroxyl groups excluding tert-OH is 1. The van der Waals surface area contributed by atoms with Gasteiger partial charge in [0.05, 0.1) is 22.9 Å². The molecule has 0 aliphatic carbocycles. The van der Waals surface area contributed by atoms with E-state index < -0.39 is 38.2 Å². The number of phenols is 1. The van der Waals surface area contributed by atoms with Crippen LogP contribution in [0.1, 0.15) is 42.9 Å². The first-order valence-electron chi connectivity index (χ1n) is 15.2. The molecule has 0 amide bonds. The molecule has 14 heteroatoms. The molecule has 2 aliphatic rings. The minimum absolute atomic E-state index is 0.00719. The Kier molecular flexibility index (Phi) is 10.5. The molecule has 248 valence electrons. The summed E-state index contributed by atoms with van der Waals surface area (Å²) >= 11 is 0. The summed E-state index contributed by atoms with van der Waals surface area (Å²) in [4.78, 5) is 15.1. The fourth-order valence-electron chi connectivity index (χ4n) is 5.83. The molecule has 2 fully saturated rings. The molecule has 2 heterocycles. The standard InChI is InChI=1S/C32H40N4O8S2/c1-45(40,41)34-28-20-24(9-14-30(28)37)31(38)21-33-25-15-18-35(19-16-25)26-10-12-27(13-11-26)46(42,43)36-17-5-8-29(36)32(39)44-22-23-6-3-2-4-7-23/h2-4,6-7,9-14,20,25,29,31,33-34,37-38H,5,8,15-19,21-22H2,1H3/t29-,31+/m1/s1. The number of hydrogen-bond acceptors (Lipinski definition) is 10. The Hall–Kier alpha value is -3.69. The van der Waals surface area contributed by atoms with Crippen molar-refractivity contribution in [3.05, 3.63) is 83.9 Å². The number of anilines is 2. The molecule has 2 aliphatic heterocycles. The Morgan fingerprint density at radius 3 is 2.33 bits per heavy atom. The fraction of sp³-hybridized carbons (Fsp3) is 0.406. The quantitative estimate of drug-likeness (QED) is 0.166. The van der Waals surface area contributed by atoms with Crippen LogP contribution in [-0.2, 0) is 36.2 Å². The molecule has 2 atom stereocenters. The summed E-state index contributed by atoms with van der Waals surface area (Å²) in [5.41, 5.74) is 2.21. The van der Waals surface area contributed by atoms with Gasteiger partial charge in [-0.15, -0.1) is 0 Å². The van der Waals surface area contributed by atoms with Crippen LogP contribution in [0.25, 0.3) is 0 Å². The Morgan fingerprint density at radius 2 is 1.65 bits per heavy atom. The van der Waals surface area contributed by atoms with Crippen LogP contribution in [0.15, 0.2) is 77.7 Å². The second-order valence-electron chi connectivity index (χ2n) is 11.7. The summed E-state index contributed by atoms with van der Waals surface area (Å²) in [5.74, 6) is -0.769. The molecule has 3 aromatic carbocycles. The number of ether oxygens (including phenoxy) is 1. The highest BCUT2D eigenvalue weighted by atomic mass is 32.2. The monoisotopic (exact) mass is 672 g/mol. The lowest BCUT2D eigenvalue weighted by Crippen LogP contribution is -2.43. The lowest BCUT2D eigenvalue weighted by Gasteiger charge is -2.34. The third-order valence-corrected chi connectivity index (χ3v) is 10.8. The molecule has 4 N–H and O–H groups in total. The van der Waals surface area contributed by atoms with E-state index in [0.717, 1.165) is 43.4 Å².